The number of hydrogen-bond acceptors (Lipinski definition) is 6. The van der Waals surface area contributed by atoms with Crippen LogP contribution in [0.1, 0.15) is 31.5 Å². The summed E-state index contributed by atoms with van der Waals surface area (Å²) >= 11 is 0. The summed E-state index contributed by atoms with van der Waals surface area (Å²) in [5.41, 5.74) is 5.04. The molecule has 5 rings (SSSR count). The van der Waals surface area contributed by atoms with E-state index in [2.05, 4.69) is 51.6 Å². The predicted octanol–water partition coefficient (Wildman–Crippen LogP) is 4.71. The Bertz CT molecular complexity index is 1370. The fourth-order valence-corrected chi connectivity index (χ4v) is 4.70. The van der Waals surface area contributed by atoms with E-state index in [1.807, 2.05) is 38.1 Å². The molecule has 2 aromatic heterocycles. The molecule has 7 nitrogen and oxygen atoms in total. The molecule has 4 aromatic rings. The van der Waals surface area contributed by atoms with Crippen LogP contribution in [0.4, 0.5) is 5.95 Å². The maximum absolute atomic E-state index is 13.1. The third kappa shape index (κ3) is 4.88. The second-order valence-electron chi connectivity index (χ2n) is 9.28. The molecule has 0 spiro atoms. The van der Waals surface area contributed by atoms with Crippen molar-refractivity contribution in [1.29, 1.82) is 0 Å². The average molecular weight is 482 g/mol. The van der Waals surface area contributed by atoms with Gasteiger partial charge in [0.1, 0.15) is 5.75 Å². The molecule has 0 radical (unpaired) electrons. The standard InChI is InChI=1S/C29H31N5O2/c1-20(2)34-28(35)18-26(24-12-14-30-15-13-24)32-29(34)33-17-16-31-27(19-33)23-6-4-21(5-7-23)22-8-10-25(36-3)11-9-22/h4-15,18,20,27,31H,16-17,19H2,1-3H3/t27-/m1/s1. The molecule has 7 heteroatoms. The zero-order valence-electron chi connectivity index (χ0n) is 20.9. The van der Waals surface area contributed by atoms with E-state index in [1.54, 1.807) is 30.1 Å². The monoisotopic (exact) mass is 481 g/mol. The first kappa shape index (κ1) is 23.8. The lowest BCUT2D eigenvalue weighted by Gasteiger charge is -2.36. The molecule has 0 aliphatic carbocycles. The average Bonchev–Trinajstić information content (AvgIpc) is 2.93. The molecule has 36 heavy (non-hydrogen) atoms. The van der Waals surface area contributed by atoms with Crippen molar-refractivity contribution in [3.05, 3.63) is 95.0 Å². The number of pyridine rings is 1. The number of nitrogens with zero attached hydrogens (tertiary/aromatic N) is 4. The van der Waals surface area contributed by atoms with Gasteiger partial charge in [0, 0.05) is 55.7 Å². The van der Waals surface area contributed by atoms with E-state index in [4.69, 9.17) is 9.72 Å². The zero-order valence-corrected chi connectivity index (χ0v) is 20.9. The van der Waals surface area contributed by atoms with Crippen LogP contribution in [0.3, 0.4) is 0 Å². The van der Waals surface area contributed by atoms with Gasteiger partial charge in [-0.1, -0.05) is 36.4 Å². The molecule has 1 fully saturated rings. The van der Waals surface area contributed by atoms with Crippen LogP contribution in [0.25, 0.3) is 22.4 Å². The van der Waals surface area contributed by atoms with Crippen molar-refractivity contribution in [3.8, 4) is 28.1 Å². The van der Waals surface area contributed by atoms with E-state index in [0.29, 0.717) is 11.6 Å². The number of ether oxygens (including phenoxy) is 1. The minimum atomic E-state index is -0.0410. The van der Waals surface area contributed by atoms with Crippen LogP contribution in [0.2, 0.25) is 0 Å². The molecule has 1 atom stereocenters. The molecule has 0 amide bonds. The molecule has 0 saturated carbocycles. The van der Waals surface area contributed by atoms with Gasteiger partial charge in [-0.15, -0.1) is 0 Å². The molecule has 1 aliphatic heterocycles. The van der Waals surface area contributed by atoms with Crippen molar-refractivity contribution >= 4 is 5.95 Å². The van der Waals surface area contributed by atoms with Crippen molar-refractivity contribution in [1.82, 2.24) is 19.9 Å². The van der Waals surface area contributed by atoms with E-state index in [9.17, 15) is 4.79 Å². The van der Waals surface area contributed by atoms with Crippen molar-refractivity contribution in [2.45, 2.75) is 25.9 Å². The number of nitrogens with one attached hydrogen (secondary N) is 1. The smallest absolute Gasteiger partial charge is 0.255 e. The Kier molecular flexibility index (Phi) is 6.82. The molecule has 2 aromatic carbocycles. The van der Waals surface area contributed by atoms with Crippen molar-refractivity contribution in [2.24, 2.45) is 0 Å². The quantitative estimate of drug-likeness (QED) is 0.430. The Hall–Kier alpha value is -3.97. The first-order chi connectivity index (χ1) is 17.5. The number of rotatable bonds is 6. The maximum Gasteiger partial charge on any atom is 0.255 e. The predicted molar refractivity (Wildman–Crippen MR) is 143 cm³/mol. The molecular weight excluding hydrogens is 450 g/mol. The van der Waals surface area contributed by atoms with Gasteiger partial charge in [-0.05, 0) is 54.8 Å². The van der Waals surface area contributed by atoms with Crippen molar-refractivity contribution in [2.75, 3.05) is 31.6 Å². The maximum atomic E-state index is 13.1. The Labute approximate surface area is 211 Å². The van der Waals surface area contributed by atoms with Crippen molar-refractivity contribution in [3.63, 3.8) is 0 Å². The Morgan fingerprint density at radius 3 is 2.25 bits per heavy atom. The highest BCUT2D eigenvalue weighted by molar-refractivity contribution is 5.64. The minimum absolute atomic E-state index is 0.00334. The number of hydrogen-bond donors (Lipinski definition) is 1. The first-order valence-electron chi connectivity index (χ1n) is 12.3. The molecular formula is C29H31N5O2. The third-order valence-electron chi connectivity index (χ3n) is 6.62. The molecule has 1 N–H and O–H groups in total. The van der Waals surface area contributed by atoms with E-state index < -0.39 is 0 Å². The molecule has 184 valence electrons. The summed E-state index contributed by atoms with van der Waals surface area (Å²) in [6.07, 6.45) is 3.45. The molecule has 1 aliphatic rings. The summed E-state index contributed by atoms with van der Waals surface area (Å²) in [6.45, 7) is 6.35. The highest BCUT2D eigenvalue weighted by Gasteiger charge is 2.25. The van der Waals surface area contributed by atoms with E-state index in [1.165, 1.54) is 5.56 Å². The Morgan fingerprint density at radius 2 is 1.61 bits per heavy atom. The van der Waals surface area contributed by atoms with Gasteiger partial charge in [-0.25, -0.2) is 4.98 Å². The molecule has 1 saturated heterocycles. The molecule has 3 heterocycles. The first-order valence-corrected chi connectivity index (χ1v) is 12.3. The van der Waals surface area contributed by atoms with Gasteiger partial charge in [0.25, 0.3) is 5.56 Å². The van der Waals surface area contributed by atoms with Gasteiger partial charge >= 0.3 is 0 Å². The van der Waals surface area contributed by atoms with Crippen LogP contribution in [0.15, 0.2) is 83.9 Å². The lowest BCUT2D eigenvalue weighted by Crippen LogP contribution is -2.48. The number of piperazine rings is 1. The van der Waals surface area contributed by atoms with E-state index >= 15 is 0 Å². The van der Waals surface area contributed by atoms with Crippen LogP contribution in [-0.2, 0) is 0 Å². The fourth-order valence-electron chi connectivity index (χ4n) is 4.70. The van der Waals surface area contributed by atoms with Gasteiger partial charge in [0.15, 0.2) is 0 Å². The highest BCUT2D eigenvalue weighted by atomic mass is 16.5. The van der Waals surface area contributed by atoms with Crippen LogP contribution in [-0.4, -0.2) is 41.3 Å². The van der Waals surface area contributed by atoms with Gasteiger partial charge < -0.3 is 15.0 Å². The normalized spacial score (nSPS) is 15.8. The summed E-state index contributed by atoms with van der Waals surface area (Å²) < 4.78 is 7.06. The molecule has 0 unspecified atom stereocenters. The minimum Gasteiger partial charge on any atom is -0.497 e. The Morgan fingerprint density at radius 1 is 0.944 bits per heavy atom. The lowest BCUT2D eigenvalue weighted by atomic mass is 9.99. The topological polar surface area (TPSA) is 72.3 Å². The summed E-state index contributed by atoms with van der Waals surface area (Å²) in [4.78, 5) is 24.4. The van der Waals surface area contributed by atoms with Crippen molar-refractivity contribution < 1.29 is 4.74 Å². The van der Waals surface area contributed by atoms with E-state index in [0.717, 1.165) is 42.1 Å². The number of methoxy groups -OCH3 is 1. The molecule has 0 bridgehead atoms. The fraction of sp³-hybridized carbons (Fsp3) is 0.276. The van der Waals surface area contributed by atoms with E-state index in [-0.39, 0.29) is 17.6 Å². The van der Waals surface area contributed by atoms with Gasteiger partial charge in [0.05, 0.1) is 12.8 Å². The SMILES string of the molecule is COc1ccc(-c2ccc([C@H]3CN(c4nc(-c5ccncc5)cc(=O)n4C(C)C)CCN3)cc2)cc1. The van der Waals surface area contributed by atoms with Gasteiger partial charge in [-0.3, -0.25) is 14.3 Å². The van der Waals surface area contributed by atoms with Crippen LogP contribution >= 0.6 is 0 Å². The number of benzene rings is 2. The summed E-state index contributed by atoms with van der Waals surface area (Å²) in [5, 5.41) is 3.64. The highest BCUT2D eigenvalue weighted by Crippen LogP contribution is 2.27. The zero-order chi connectivity index (χ0) is 25.1. The second kappa shape index (κ2) is 10.3. The summed E-state index contributed by atoms with van der Waals surface area (Å²) in [7, 11) is 1.68. The van der Waals surface area contributed by atoms with Gasteiger partial charge in [0.2, 0.25) is 5.95 Å². The van der Waals surface area contributed by atoms with Crippen LogP contribution in [0, 0.1) is 0 Å². The van der Waals surface area contributed by atoms with Crippen LogP contribution in [0.5, 0.6) is 5.75 Å². The van der Waals surface area contributed by atoms with Gasteiger partial charge in [-0.2, -0.15) is 0 Å². The third-order valence-corrected chi connectivity index (χ3v) is 6.62. The second-order valence-corrected chi connectivity index (χ2v) is 9.28. The number of anilines is 1. The summed E-state index contributed by atoms with van der Waals surface area (Å²) in [5.74, 6) is 1.56. The summed E-state index contributed by atoms with van der Waals surface area (Å²) in [6, 6.07) is 22.3. The Balaban J connectivity index is 1.42. The number of aromatic nitrogens is 3. The lowest BCUT2D eigenvalue weighted by molar-refractivity contribution is 0.415. The largest absolute Gasteiger partial charge is 0.497 e. The van der Waals surface area contributed by atoms with Crippen LogP contribution < -0.4 is 20.5 Å².